The van der Waals surface area contributed by atoms with Gasteiger partial charge in [0.05, 0.1) is 19.1 Å². The molecule has 1 aromatic carbocycles. The fourth-order valence-corrected chi connectivity index (χ4v) is 4.25. The van der Waals surface area contributed by atoms with Crippen molar-refractivity contribution in [3.63, 3.8) is 0 Å². The Hall–Kier alpha value is -2.45. The minimum atomic E-state index is -0.321. The summed E-state index contributed by atoms with van der Waals surface area (Å²) in [6, 6.07) is 7.23. The van der Waals surface area contributed by atoms with Crippen molar-refractivity contribution >= 4 is 40.7 Å². The van der Waals surface area contributed by atoms with E-state index in [2.05, 4.69) is 4.98 Å². The largest absolute Gasteiger partial charge is 0.466 e. The Morgan fingerprint density at radius 1 is 1.30 bits per heavy atom. The Morgan fingerprint density at radius 2 is 2.03 bits per heavy atom. The fourth-order valence-electron chi connectivity index (χ4n) is 3.32. The molecule has 0 aliphatic carbocycles. The van der Waals surface area contributed by atoms with Crippen LogP contribution in [0.1, 0.15) is 30.3 Å². The van der Waals surface area contributed by atoms with Crippen LogP contribution in [0.2, 0.25) is 5.02 Å². The molecule has 0 saturated carbocycles. The predicted octanol–water partition coefficient (Wildman–Crippen LogP) is 3.34. The number of carbonyl (C=O) groups is 3. The van der Waals surface area contributed by atoms with E-state index in [1.807, 2.05) is 12.1 Å². The number of thiazole rings is 1. The number of likely N-dealkylation sites (tertiary alicyclic amines) is 1. The second kappa shape index (κ2) is 10.0. The Balaban J connectivity index is 1.59. The van der Waals surface area contributed by atoms with E-state index < -0.39 is 0 Å². The molecule has 9 heteroatoms. The van der Waals surface area contributed by atoms with Crippen LogP contribution in [0.4, 0.5) is 0 Å². The highest BCUT2D eigenvalue weighted by molar-refractivity contribution is 7.13. The standard InChI is InChI=1S/C21H24ClN3O4S/c1-3-29-21(28)15-5-4-10-25(11-15)18(26)12-24(2)20(27)17-13-30-19(23-17)14-6-8-16(22)9-7-14/h6-9,13,15H,3-5,10-12H2,1-2H3. The van der Waals surface area contributed by atoms with E-state index in [1.165, 1.54) is 16.2 Å². The molecule has 2 aromatic rings. The van der Waals surface area contributed by atoms with E-state index in [-0.39, 0.29) is 30.2 Å². The Morgan fingerprint density at radius 3 is 2.73 bits per heavy atom. The van der Waals surface area contributed by atoms with Gasteiger partial charge in [0, 0.05) is 36.1 Å². The van der Waals surface area contributed by atoms with E-state index >= 15 is 0 Å². The summed E-state index contributed by atoms with van der Waals surface area (Å²) in [5.41, 5.74) is 1.17. The van der Waals surface area contributed by atoms with Gasteiger partial charge in [0.2, 0.25) is 5.91 Å². The maximum atomic E-state index is 12.7. The molecule has 1 fully saturated rings. The molecule has 0 bridgehead atoms. The lowest BCUT2D eigenvalue weighted by atomic mass is 9.98. The van der Waals surface area contributed by atoms with Crippen molar-refractivity contribution in [1.82, 2.24) is 14.8 Å². The summed E-state index contributed by atoms with van der Waals surface area (Å²) in [6.45, 7) is 2.93. The average molecular weight is 450 g/mol. The van der Waals surface area contributed by atoms with Gasteiger partial charge in [-0.3, -0.25) is 14.4 Å². The Labute approximate surface area is 184 Å². The molecule has 1 atom stereocenters. The van der Waals surface area contributed by atoms with Crippen molar-refractivity contribution in [3.05, 3.63) is 40.4 Å². The quantitative estimate of drug-likeness (QED) is 0.632. The van der Waals surface area contributed by atoms with E-state index in [0.717, 1.165) is 12.0 Å². The van der Waals surface area contributed by atoms with Crippen LogP contribution in [0.15, 0.2) is 29.6 Å². The second-order valence-corrected chi connectivity index (χ2v) is 8.43. The van der Waals surface area contributed by atoms with Crippen molar-refractivity contribution in [2.24, 2.45) is 5.92 Å². The van der Waals surface area contributed by atoms with Gasteiger partial charge in [0.15, 0.2) is 0 Å². The van der Waals surface area contributed by atoms with Crippen molar-refractivity contribution in [3.8, 4) is 10.6 Å². The molecule has 1 aliphatic rings. The van der Waals surface area contributed by atoms with Crippen LogP contribution in [-0.2, 0) is 14.3 Å². The lowest BCUT2D eigenvalue weighted by Gasteiger charge is -2.32. The third-order valence-corrected chi connectivity index (χ3v) is 6.07. The normalized spacial score (nSPS) is 16.2. The molecule has 30 heavy (non-hydrogen) atoms. The molecule has 0 radical (unpaired) electrons. The van der Waals surface area contributed by atoms with Crippen LogP contribution in [-0.4, -0.2) is 65.9 Å². The van der Waals surface area contributed by atoms with Gasteiger partial charge in [-0.1, -0.05) is 23.7 Å². The number of hydrogen-bond donors (Lipinski definition) is 0. The molecule has 0 spiro atoms. The van der Waals surface area contributed by atoms with E-state index in [1.54, 1.807) is 36.4 Å². The first kappa shape index (κ1) is 22.2. The molecule has 0 N–H and O–H groups in total. The Kier molecular flexibility index (Phi) is 7.44. The number of piperidine rings is 1. The maximum Gasteiger partial charge on any atom is 0.310 e. The summed E-state index contributed by atoms with van der Waals surface area (Å²) >= 11 is 7.27. The van der Waals surface area contributed by atoms with Gasteiger partial charge < -0.3 is 14.5 Å². The number of hydrogen-bond acceptors (Lipinski definition) is 6. The summed E-state index contributed by atoms with van der Waals surface area (Å²) in [5.74, 6) is -1.08. The smallest absolute Gasteiger partial charge is 0.310 e. The molecule has 7 nitrogen and oxygen atoms in total. The van der Waals surface area contributed by atoms with Gasteiger partial charge in [-0.25, -0.2) is 4.98 Å². The second-order valence-electron chi connectivity index (χ2n) is 7.14. The number of halogens is 1. The predicted molar refractivity (Wildman–Crippen MR) is 115 cm³/mol. The highest BCUT2D eigenvalue weighted by atomic mass is 35.5. The van der Waals surface area contributed by atoms with Gasteiger partial charge in [-0.2, -0.15) is 0 Å². The van der Waals surface area contributed by atoms with E-state index in [9.17, 15) is 14.4 Å². The van der Waals surface area contributed by atoms with Crippen LogP contribution >= 0.6 is 22.9 Å². The number of carbonyl (C=O) groups excluding carboxylic acids is 3. The molecule has 160 valence electrons. The molecule has 2 heterocycles. The van der Waals surface area contributed by atoms with Gasteiger partial charge in [-0.05, 0) is 31.9 Å². The zero-order chi connectivity index (χ0) is 21.7. The van der Waals surface area contributed by atoms with Gasteiger partial charge >= 0.3 is 5.97 Å². The molecular weight excluding hydrogens is 426 g/mol. The van der Waals surface area contributed by atoms with Gasteiger partial charge in [0.1, 0.15) is 10.7 Å². The number of nitrogens with zero attached hydrogens (tertiary/aromatic N) is 3. The maximum absolute atomic E-state index is 12.7. The third kappa shape index (κ3) is 5.37. The third-order valence-electron chi connectivity index (χ3n) is 4.93. The van der Waals surface area contributed by atoms with E-state index in [4.69, 9.17) is 16.3 Å². The first-order valence-electron chi connectivity index (χ1n) is 9.80. The summed E-state index contributed by atoms with van der Waals surface area (Å²) < 4.78 is 5.08. The number of benzene rings is 1. The number of aromatic nitrogens is 1. The highest BCUT2D eigenvalue weighted by Gasteiger charge is 2.30. The van der Waals surface area contributed by atoms with Crippen molar-refractivity contribution < 1.29 is 19.1 Å². The van der Waals surface area contributed by atoms with Crippen molar-refractivity contribution in [2.45, 2.75) is 19.8 Å². The highest BCUT2D eigenvalue weighted by Crippen LogP contribution is 2.25. The number of ether oxygens (including phenoxy) is 1. The molecule has 1 aromatic heterocycles. The molecule has 1 unspecified atom stereocenters. The lowest BCUT2D eigenvalue weighted by Crippen LogP contribution is -2.47. The first-order valence-corrected chi connectivity index (χ1v) is 11.1. The zero-order valence-corrected chi connectivity index (χ0v) is 18.5. The molecule has 3 rings (SSSR count). The lowest BCUT2D eigenvalue weighted by molar-refractivity contribution is -0.151. The monoisotopic (exact) mass is 449 g/mol. The van der Waals surface area contributed by atoms with Crippen LogP contribution in [0, 0.1) is 5.92 Å². The number of likely N-dealkylation sites (N-methyl/N-ethyl adjacent to an activating group) is 1. The minimum Gasteiger partial charge on any atom is -0.466 e. The topological polar surface area (TPSA) is 79.8 Å². The summed E-state index contributed by atoms with van der Waals surface area (Å²) in [4.78, 5) is 44.8. The molecule has 2 amide bonds. The number of rotatable bonds is 6. The summed E-state index contributed by atoms with van der Waals surface area (Å²) in [5, 5.41) is 3.03. The summed E-state index contributed by atoms with van der Waals surface area (Å²) in [7, 11) is 1.58. The van der Waals surface area contributed by atoms with Crippen LogP contribution in [0.3, 0.4) is 0 Å². The minimum absolute atomic E-state index is 0.0673. The molecule has 1 saturated heterocycles. The summed E-state index contributed by atoms with van der Waals surface area (Å²) in [6.07, 6.45) is 1.45. The van der Waals surface area contributed by atoms with Crippen molar-refractivity contribution in [1.29, 1.82) is 0 Å². The fraction of sp³-hybridized carbons (Fsp3) is 0.429. The SMILES string of the molecule is CCOC(=O)C1CCCN(C(=O)CN(C)C(=O)c2csc(-c3ccc(Cl)cc3)n2)C1. The van der Waals surface area contributed by atoms with Crippen molar-refractivity contribution in [2.75, 3.05) is 33.3 Å². The number of amides is 2. The van der Waals surface area contributed by atoms with Gasteiger partial charge in [-0.15, -0.1) is 11.3 Å². The molecule has 1 aliphatic heterocycles. The van der Waals surface area contributed by atoms with Gasteiger partial charge in [0.25, 0.3) is 5.91 Å². The average Bonchev–Trinajstić information content (AvgIpc) is 3.24. The van der Waals surface area contributed by atoms with Crippen LogP contribution < -0.4 is 0 Å². The van der Waals surface area contributed by atoms with Crippen LogP contribution in [0.25, 0.3) is 10.6 Å². The first-order chi connectivity index (χ1) is 14.4. The number of esters is 1. The van der Waals surface area contributed by atoms with Crippen LogP contribution in [0.5, 0.6) is 0 Å². The van der Waals surface area contributed by atoms with E-state index in [0.29, 0.717) is 41.8 Å². The molecular formula is C21H24ClN3O4S. The zero-order valence-electron chi connectivity index (χ0n) is 17.0. The Bertz CT molecular complexity index is 915.